The maximum atomic E-state index is 11.9. The number of aliphatic imine (C=N–C) groups is 1. The van der Waals surface area contributed by atoms with Gasteiger partial charge in [-0.15, -0.1) is 11.3 Å². The number of carbonyl (C=O) groups is 1. The molecule has 0 unspecified atom stereocenters. The third-order valence-corrected chi connectivity index (χ3v) is 5.27. The summed E-state index contributed by atoms with van der Waals surface area (Å²) in [7, 11) is 5.56. The number of guanidine groups is 1. The van der Waals surface area contributed by atoms with E-state index in [1.54, 1.807) is 30.3 Å². The van der Waals surface area contributed by atoms with Crippen molar-refractivity contribution in [2.45, 2.75) is 19.3 Å². The van der Waals surface area contributed by atoms with Crippen LogP contribution < -0.4 is 5.32 Å². The average molecular weight is 367 g/mol. The smallest absolute Gasteiger partial charge is 0.243 e. The molecule has 0 bridgehead atoms. The van der Waals surface area contributed by atoms with Crippen LogP contribution in [0.2, 0.25) is 0 Å². The first-order valence-corrected chi connectivity index (χ1v) is 9.74. The van der Waals surface area contributed by atoms with Gasteiger partial charge in [-0.1, -0.05) is 6.07 Å². The Kier molecular flexibility index (Phi) is 8.21. The second-order valence-electron chi connectivity index (χ2n) is 6.62. The number of carbonyl (C=O) groups excluding carboxylic acids is 1. The van der Waals surface area contributed by atoms with Gasteiger partial charge in [0.1, 0.15) is 6.54 Å². The Morgan fingerprint density at radius 2 is 2.12 bits per heavy atom. The van der Waals surface area contributed by atoms with Crippen molar-refractivity contribution in [2.24, 2.45) is 10.9 Å². The summed E-state index contributed by atoms with van der Waals surface area (Å²) in [5.41, 5.74) is 0. The van der Waals surface area contributed by atoms with E-state index in [2.05, 4.69) is 32.7 Å². The van der Waals surface area contributed by atoms with E-state index < -0.39 is 0 Å². The van der Waals surface area contributed by atoms with Crippen LogP contribution in [0.4, 0.5) is 0 Å². The SMILES string of the molecule is CN(C)C(=O)CN=C(NCCc1cccs1)N(C)CC1CCOCC1. The molecule has 0 aliphatic carbocycles. The largest absolute Gasteiger partial charge is 0.381 e. The summed E-state index contributed by atoms with van der Waals surface area (Å²) >= 11 is 1.77. The molecule has 6 nitrogen and oxygen atoms in total. The van der Waals surface area contributed by atoms with Crippen LogP contribution >= 0.6 is 11.3 Å². The van der Waals surface area contributed by atoms with Gasteiger partial charge in [-0.2, -0.15) is 0 Å². The summed E-state index contributed by atoms with van der Waals surface area (Å²) in [5.74, 6) is 1.43. The monoisotopic (exact) mass is 366 g/mol. The van der Waals surface area contributed by atoms with Crippen LogP contribution in [0, 0.1) is 5.92 Å². The summed E-state index contributed by atoms with van der Waals surface area (Å²) < 4.78 is 5.44. The molecule has 7 heteroatoms. The first-order chi connectivity index (χ1) is 12.1. The van der Waals surface area contributed by atoms with E-state index in [4.69, 9.17) is 4.74 Å². The molecule has 1 N–H and O–H groups in total. The average Bonchev–Trinajstić information content (AvgIpc) is 3.11. The van der Waals surface area contributed by atoms with Crippen molar-refractivity contribution >= 4 is 23.2 Å². The Labute approximate surface area is 154 Å². The van der Waals surface area contributed by atoms with Crippen LogP contribution in [-0.2, 0) is 16.0 Å². The number of hydrogen-bond acceptors (Lipinski definition) is 4. The third-order valence-electron chi connectivity index (χ3n) is 4.33. The molecule has 1 aliphatic rings. The Balaban J connectivity index is 1.91. The molecular formula is C18H30N4O2S. The van der Waals surface area contributed by atoms with E-state index in [1.165, 1.54) is 4.88 Å². The highest BCUT2D eigenvalue weighted by atomic mass is 32.1. The van der Waals surface area contributed by atoms with Gasteiger partial charge in [0.05, 0.1) is 0 Å². The molecule has 1 fully saturated rings. The molecule has 1 aromatic rings. The Morgan fingerprint density at radius 1 is 1.36 bits per heavy atom. The fraction of sp³-hybridized carbons (Fsp3) is 0.667. The minimum absolute atomic E-state index is 0.0111. The lowest BCUT2D eigenvalue weighted by molar-refractivity contribution is -0.127. The molecule has 0 saturated carbocycles. The predicted molar refractivity (Wildman–Crippen MR) is 103 cm³/mol. The molecule has 0 atom stereocenters. The fourth-order valence-corrected chi connectivity index (χ4v) is 3.46. The summed E-state index contributed by atoms with van der Waals surface area (Å²) in [5, 5.41) is 5.52. The molecule has 1 aromatic heterocycles. The van der Waals surface area contributed by atoms with Crippen LogP contribution in [0.1, 0.15) is 17.7 Å². The van der Waals surface area contributed by atoms with Gasteiger partial charge in [0, 0.05) is 52.3 Å². The number of likely N-dealkylation sites (N-methyl/N-ethyl adjacent to an activating group) is 1. The molecule has 1 amide bonds. The lowest BCUT2D eigenvalue weighted by atomic mass is 10.00. The molecule has 1 aliphatic heterocycles. The van der Waals surface area contributed by atoms with Gasteiger partial charge in [-0.05, 0) is 36.6 Å². The molecule has 2 heterocycles. The van der Waals surface area contributed by atoms with Crippen molar-refractivity contribution in [1.82, 2.24) is 15.1 Å². The first-order valence-electron chi connectivity index (χ1n) is 8.86. The lowest BCUT2D eigenvalue weighted by Crippen LogP contribution is -2.43. The summed E-state index contributed by atoms with van der Waals surface area (Å²) in [6.07, 6.45) is 3.14. The van der Waals surface area contributed by atoms with E-state index in [9.17, 15) is 4.79 Å². The Bertz CT molecular complexity index is 539. The van der Waals surface area contributed by atoms with Gasteiger partial charge in [0.25, 0.3) is 0 Å². The molecule has 0 spiro atoms. The van der Waals surface area contributed by atoms with Crippen LogP contribution in [0.15, 0.2) is 22.5 Å². The predicted octanol–water partition coefficient (Wildman–Crippen LogP) is 1.68. The number of amides is 1. The third kappa shape index (κ3) is 7.04. The zero-order valence-electron chi connectivity index (χ0n) is 15.5. The van der Waals surface area contributed by atoms with E-state index in [0.717, 1.165) is 51.5 Å². The van der Waals surface area contributed by atoms with Crippen LogP contribution in [0.3, 0.4) is 0 Å². The summed E-state index contributed by atoms with van der Waals surface area (Å²) in [4.78, 5) is 21.5. The Morgan fingerprint density at radius 3 is 2.76 bits per heavy atom. The topological polar surface area (TPSA) is 57.2 Å². The van der Waals surface area contributed by atoms with Gasteiger partial charge in [-0.3, -0.25) is 4.79 Å². The quantitative estimate of drug-likeness (QED) is 0.589. The van der Waals surface area contributed by atoms with Crippen LogP contribution in [0.25, 0.3) is 0 Å². The molecule has 0 radical (unpaired) electrons. The number of ether oxygens (including phenoxy) is 1. The summed E-state index contributed by atoms with van der Waals surface area (Å²) in [6.45, 7) is 3.61. The van der Waals surface area contributed by atoms with Crippen molar-refractivity contribution in [3.63, 3.8) is 0 Å². The molecular weight excluding hydrogens is 336 g/mol. The van der Waals surface area contributed by atoms with Gasteiger partial charge in [0.2, 0.25) is 5.91 Å². The van der Waals surface area contributed by atoms with Gasteiger partial charge < -0.3 is 19.9 Å². The lowest BCUT2D eigenvalue weighted by Gasteiger charge is -2.29. The van der Waals surface area contributed by atoms with Crippen LogP contribution in [-0.4, -0.2) is 75.7 Å². The zero-order valence-corrected chi connectivity index (χ0v) is 16.3. The van der Waals surface area contributed by atoms with Crippen molar-refractivity contribution in [1.29, 1.82) is 0 Å². The Hall–Kier alpha value is -1.60. The van der Waals surface area contributed by atoms with E-state index >= 15 is 0 Å². The highest BCUT2D eigenvalue weighted by Crippen LogP contribution is 2.15. The van der Waals surface area contributed by atoms with Crippen molar-refractivity contribution < 1.29 is 9.53 Å². The maximum absolute atomic E-state index is 11.9. The molecule has 1 saturated heterocycles. The van der Waals surface area contributed by atoms with Gasteiger partial charge in [0.15, 0.2) is 5.96 Å². The normalized spacial score (nSPS) is 15.9. The minimum Gasteiger partial charge on any atom is -0.381 e. The number of nitrogens with one attached hydrogen (secondary N) is 1. The second kappa shape index (κ2) is 10.4. The molecule has 2 rings (SSSR count). The molecule has 140 valence electrons. The van der Waals surface area contributed by atoms with Crippen molar-refractivity contribution in [3.8, 4) is 0 Å². The van der Waals surface area contributed by atoms with E-state index in [0.29, 0.717) is 5.92 Å². The highest BCUT2D eigenvalue weighted by molar-refractivity contribution is 7.09. The number of thiophene rings is 1. The zero-order chi connectivity index (χ0) is 18.1. The second-order valence-corrected chi connectivity index (χ2v) is 7.65. The summed E-state index contributed by atoms with van der Waals surface area (Å²) in [6, 6.07) is 4.21. The molecule has 25 heavy (non-hydrogen) atoms. The minimum atomic E-state index is 0.0111. The highest BCUT2D eigenvalue weighted by Gasteiger charge is 2.18. The van der Waals surface area contributed by atoms with E-state index in [-0.39, 0.29) is 12.5 Å². The standard InChI is InChI=1S/C18H30N4O2S/c1-21(2)17(23)13-20-18(19-9-6-16-5-4-12-25-16)22(3)14-15-7-10-24-11-8-15/h4-5,12,15H,6-11,13-14H2,1-3H3,(H,19,20). The van der Waals surface area contributed by atoms with Crippen molar-refractivity contribution in [2.75, 3.05) is 54.0 Å². The maximum Gasteiger partial charge on any atom is 0.243 e. The first kappa shape index (κ1) is 19.7. The van der Waals surface area contributed by atoms with Crippen LogP contribution in [0.5, 0.6) is 0 Å². The number of nitrogens with zero attached hydrogens (tertiary/aromatic N) is 3. The van der Waals surface area contributed by atoms with Gasteiger partial charge >= 0.3 is 0 Å². The van der Waals surface area contributed by atoms with Gasteiger partial charge in [-0.25, -0.2) is 4.99 Å². The van der Waals surface area contributed by atoms with Crippen molar-refractivity contribution in [3.05, 3.63) is 22.4 Å². The number of rotatable bonds is 7. The van der Waals surface area contributed by atoms with E-state index in [1.807, 2.05) is 7.05 Å². The molecule has 0 aromatic carbocycles. The fourth-order valence-electron chi connectivity index (χ4n) is 2.75. The number of hydrogen-bond donors (Lipinski definition) is 1.